The second-order valence-corrected chi connectivity index (χ2v) is 9.09. The Morgan fingerprint density at radius 3 is 2.82 bits per heavy atom. The highest BCUT2D eigenvalue weighted by Crippen LogP contribution is 2.33. The number of anilines is 2. The largest absolute Gasteiger partial charge is 0.381 e. The van der Waals surface area contributed by atoms with Gasteiger partial charge < -0.3 is 25.4 Å². The summed E-state index contributed by atoms with van der Waals surface area (Å²) < 4.78 is 11.2. The molecule has 2 aromatic rings. The Morgan fingerprint density at radius 1 is 1.27 bits per heavy atom. The third-order valence-electron chi connectivity index (χ3n) is 6.19. The molecule has 1 unspecified atom stereocenters. The molecular weight excluding hydrogens is 467 g/mol. The predicted octanol–water partition coefficient (Wildman–Crippen LogP) is 3.39. The van der Waals surface area contributed by atoms with Gasteiger partial charge in [0.05, 0.1) is 22.7 Å². The molecule has 0 spiro atoms. The second-order valence-electron chi connectivity index (χ2n) is 8.33. The van der Waals surface area contributed by atoms with Gasteiger partial charge in [-0.15, -0.1) is 0 Å². The molecule has 4 rings (SSSR count). The number of carbonyl (C=O) groups excluding carboxylic acids is 1. The Kier molecular flexibility index (Phi) is 7.98. The maximum atomic E-state index is 12.6. The Hall–Kier alpha value is -2.04. The molecule has 2 fully saturated rings. The number of hydrogen-bond donors (Lipinski definition) is 3. The number of amides is 1. The summed E-state index contributed by atoms with van der Waals surface area (Å²) in [5.74, 6) is 0.775. The number of aromatic nitrogens is 3. The van der Waals surface area contributed by atoms with Crippen LogP contribution in [0.15, 0.2) is 18.5 Å². The molecule has 33 heavy (non-hydrogen) atoms. The Labute approximate surface area is 203 Å². The molecule has 2 saturated heterocycles. The smallest absolute Gasteiger partial charge is 0.229 e. The van der Waals surface area contributed by atoms with Crippen molar-refractivity contribution in [3.63, 3.8) is 0 Å². The number of nitrogens with zero attached hydrogens (tertiary/aromatic N) is 3. The molecule has 0 saturated carbocycles. The van der Waals surface area contributed by atoms with Gasteiger partial charge in [0.15, 0.2) is 5.15 Å². The zero-order valence-electron chi connectivity index (χ0n) is 18.5. The number of hydrogen-bond acceptors (Lipinski definition) is 8. The number of methoxy groups -OCH3 is 1. The van der Waals surface area contributed by atoms with Crippen LogP contribution in [0, 0.1) is 5.92 Å². The number of piperidine rings is 1. The fourth-order valence-corrected chi connectivity index (χ4v) is 4.46. The van der Waals surface area contributed by atoms with E-state index in [1.807, 2.05) is 0 Å². The van der Waals surface area contributed by atoms with Crippen molar-refractivity contribution in [2.24, 2.45) is 5.92 Å². The van der Waals surface area contributed by atoms with E-state index in [1.54, 1.807) is 19.4 Å². The van der Waals surface area contributed by atoms with Gasteiger partial charge in [-0.25, -0.2) is 15.0 Å². The van der Waals surface area contributed by atoms with Gasteiger partial charge in [0.1, 0.15) is 17.3 Å². The summed E-state index contributed by atoms with van der Waals surface area (Å²) in [5, 5.41) is 9.99. The highest BCUT2D eigenvalue weighted by Gasteiger charge is 2.32. The molecule has 1 amide bonds. The molecule has 0 bridgehead atoms. The van der Waals surface area contributed by atoms with Gasteiger partial charge in [0.25, 0.3) is 0 Å². The lowest BCUT2D eigenvalue weighted by Gasteiger charge is -2.36. The topological polar surface area (TPSA) is 110 Å². The minimum Gasteiger partial charge on any atom is -0.381 e. The first-order valence-electron chi connectivity index (χ1n) is 11.1. The minimum atomic E-state index is -0.320. The third-order valence-corrected chi connectivity index (χ3v) is 6.76. The maximum Gasteiger partial charge on any atom is 0.229 e. The van der Waals surface area contributed by atoms with E-state index in [2.05, 4.69) is 30.9 Å². The zero-order chi connectivity index (χ0) is 23.3. The van der Waals surface area contributed by atoms with Crippen LogP contribution < -0.4 is 16.0 Å². The summed E-state index contributed by atoms with van der Waals surface area (Å²) in [5.41, 5.74) is 0.624. The van der Waals surface area contributed by atoms with E-state index in [0.717, 1.165) is 32.2 Å². The van der Waals surface area contributed by atoms with E-state index in [9.17, 15) is 4.79 Å². The molecule has 0 aromatic carbocycles. The van der Waals surface area contributed by atoms with Crippen LogP contribution >= 0.6 is 23.2 Å². The SMILES string of the molecule is COC1(CNc2cnc(Cl)c(-c3cc(NC(=O)C4CCCNC4)ncc3Cl)n2)CCOCC1. The normalized spacial score (nSPS) is 20.3. The van der Waals surface area contributed by atoms with Crippen LogP contribution in [0.25, 0.3) is 11.3 Å². The summed E-state index contributed by atoms with van der Waals surface area (Å²) in [7, 11) is 1.71. The fourth-order valence-electron chi connectivity index (χ4n) is 4.07. The van der Waals surface area contributed by atoms with Gasteiger partial charge >= 0.3 is 0 Å². The van der Waals surface area contributed by atoms with Crippen LogP contribution in [0.2, 0.25) is 10.2 Å². The number of pyridine rings is 1. The van der Waals surface area contributed by atoms with Crippen LogP contribution in [0.5, 0.6) is 0 Å². The molecule has 2 aliphatic heterocycles. The van der Waals surface area contributed by atoms with Crippen molar-refractivity contribution in [1.82, 2.24) is 20.3 Å². The number of halogens is 2. The minimum absolute atomic E-state index is 0.0723. The van der Waals surface area contributed by atoms with Crippen LogP contribution in [0.1, 0.15) is 25.7 Å². The molecule has 1 atom stereocenters. The van der Waals surface area contributed by atoms with E-state index in [4.69, 9.17) is 32.7 Å². The van der Waals surface area contributed by atoms with Gasteiger partial charge in [0, 0.05) is 58.0 Å². The predicted molar refractivity (Wildman–Crippen MR) is 128 cm³/mol. The lowest BCUT2D eigenvalue weighted by atomic mass is 9.94. The van der Waals surface area contributed by atoms with Crippen LogP contribution in [-0.2, 0) is 14.3 Å². The van der Waals surface area contributed by atoms with Crippen molar-refractivity contribution < 1.29 is 14.3 Å². The first-order chi connectivity index (χ1) is 16.0. The molecule has 4 heterocycles. The van der Waals surface area contributed by atoms with Crippen molar-refractivity contribution in [2.75, 3.05) is 50.6 Å². The highest BCUT2D eigenvalue weighted by molar-refractivity contribution is 6.35. The van der Waals surface area contributed by atoms with Crippen LogP contribution in [0.3, 0.4) is 0 Å². The van der Waals surface area contributed by atoms with E-state index < -0.39 is 0 Å². The fraction of sp³-hybridized carbons (Fsp3) is 0.545. The summed E-state index contributed by atoms with van der Waals surface area (Å²) >= 11 is 12.8. The molecule has 11 heteroatoms. The Bertz CT molecular complexity index is 981. The van der Waals surface area contributed by atoms with Crippen LogP contribution in [0.4, 0.5) is 11.6 Å². The third kappa shape index (κ3) is 5.91. The molecule has 0 aliphatic carbocycles. The van der Waals surface area contributed by atoms with Gasteiger partial charge in [-0.2, -0.15) is 0 Å². The number of nitrogens with one attached hydrogen (secondary N) is 3. The molecule has 3 N–H and O–H groups in total. The van der Waals surface area contributed by atoms with Gasteiger partial charge in [0.2, 0.25) is 5.91 Å². The Balaban J connectivity index is 1.51. The number of carbonyl (C=O) groups is 1. The van der Waals surface area contributed by atoms with Crippen LogP contribution in [-0.4, -0.2) is 66.4 Å². The standard InChI is InChI=1S/C22H28Cl2N6O3/c1-32-22(4-7-33-8-5-22)13-28-18-12-27-20(24)19(29-18)15-9-17(26-11-16(15)23)30-21(31)14-3-2-6-25-10-14/h9,11-12,14,25H,2-8,10,13H2,1H3,(H,28,29)(H,26,30,31). The van der Waals surface area contributed by atoms with E-state index >= 15 is 0 Å². The molecule has 9 nitrogen and oxygen atoms in total. The first kappa shape index (κ1) is 24.1. The Morgan fingerprint density at radius 2 is 2.09 bits per heavy atom. The summed E-state index contributed by atoms with van der Waals surface area (Å²) in [4.78, 5) is 25.8. The average molecular weight is 495 g/mol. The van der Waals surface area contributed by atoms with Crippen molar-refractivity contribution in [1.29, 1.82) is 0 Å². The first-order valence-corrected chi connectivity index (χ1v) is 11.8. The zero-order valence-corrected chi connectivity index (χ0v) is 20.0. The monoisotopic (exact) mass is 494 g/mol. The van der Waals surface area contributed by atoms with Crippen molar-refractivity contribution in [3.8, 4) is 11.3 Å². The van der Waals surface area contributed by atoms with E-state index in [0.29, 0.717) is 54.2 Å². The number of ether oxygens (including phenoxy) is 2. The summed E-state index contributed by atoms with van der Waals surface area (Å²) in [6, 6.07) is 1.67. The van der Waals surface area contributed by atoms with Gasteiger partial charge in [-0.1, -0.05) is 23.2 Å². The highest BCUT2D eigenvalue weighted by atomic mass is 35.5. The van der Waals surface area contributed by atoms with Gasteiger partial charge in [-0.05, 0) is 25.5 Å². The second kappa shape index (κ2) is 10.9. The van der Waals surface area contributed by atoms with Gasteiger partial charge in [-0.3, -0.25) is 4.79 Å². The van der Waals surface area contributed by atoms with E-state index in [1.165, 1.54) is 6.20 Å². The quantitative estimate of drug-likeness (QED) is 0.536. The van der Waals surface area contributed by atoms with E-state index in [-0.39, 0.29) is 22.6 Å². The molecule has 0 radical (unpaired) electrons. The molecular formula is C22H28Cl2N6O3. The molecule has 2 aliphatic rings. The van der Waals surface area contributed by atoms with Crippen molar-refractivity contribution in [3.05, 3.63) is 28.6 Å². The average Bonchev–Trinajstić information content (AvgIpc) is 2.86. The maximum absolute atomic E-state index is 12.6. The summed E-state index contributed by atoms with van der Waals surface area (Å²) in [6.07, 6.45) is 6.45. The van der Waals surface area contributed by atoms with Crippen molar-refractivity contribution >= 4 is 40.7 Å². The van der Waals surface area contributed by atoms with Crippen molar-refractivity contribution in [2.45, 2.75) is 31.3 Å². The lowest BCUT2D eigenvalue weighted by Crippen LogP contribution is -2.44. The number of rotatable bonds is 7. The lowest BCUT2D eigenvalue weighted by molar-refractivity contribution is -0.120. The molecule has 2 aromatic heterocycles. The molecule has 178 valence electrons. The summed E-state index contributed by atoms with van der Waals surface area (Å²) in [6.45, 7) is 3.47.